The molecular formula is C22H24N4O. The SMILES string of the molecule is Cc1cccc(-c2cccc(NC(=O)[C@@H]3CCCN3Cc3ncc[nH]3)c2)c1. The van der Waals surface area contributed by atoms with Gasteiger partial charge in [-0.15, -0.1) is 0 Å². The van der Waals surface area contributed by atoms with Crippen molar-refractivity contribution in [2.24, 2.45) is 0 Å². The van der Waals surface area contributed by atoms with Gasteiger partial charge >= 0.3 is 0 Å². The number of carbonyl (C=O) groups is 1. The maximum Gasteiger partial charge on any atom is 0.241 e. The second-order valence-electron chi connectivity index (χ2n) is 7.10. The van der Waals surface area contributed by atoms with Gasteiger partial charge in [-0.3, -0.25) is 9.69 Å². The molecule has 2 heterocycles. The summed E-state index contributed by atoms with van der Waals surface area (Å²) in [5.74, 6) is 0.955. The monoisotopic (exact) mass is 360 g/mol. The summed E-state index contributed by atoms with van der Waals surface area (Å²) in [6.07, 6.45) is 5.47. The molecule has 0 saturated carbocycles. The first-order valence-corrected chi connectivity index (χ1v) is 9.39. The number of aromatic nitrogens is 2. The number of aryl methyl sites for hydroxylation is 1. The normalized spacial score (nSPS) is 17.1. The van der Waals surface area contributed by atoms with E-state index in [2.05, 4.69) is 57.4 Å². The Balaban J connectivity index is 1.47. The third-order valence-electron chi connectivity index (χ3n) is 5.06. The first-order chi connectivity index (χ1) is 13.2. The number of hydrogen-bond acceptors (Lipinski definition) is 3. The van der Waals surface area contributed by atoms with Gasteiger partial charge in [0.1, 0.15) is 5.82 Å². The van der Waals surface area contributed by atoms with Crippen molar-refractivity contribution < 1.29 is 4.79 Å². The van der Waals surface area contributed by atoms with Crippen LogP contribution in [0.15, 0.2) is 60.9 Å². The predicted octanol–water partition coefficient (Wildman–Crippen LogP) is 3.99. The van der Waals surface area contributed by atoms with E-state index in [4.69, 9.17) is 0 Å². The third-order valence-corrected chi connectivity index (χ3v) is 5.06. The average Bonchev–Trinajstić information content (AvgIpc) is 3.34. The van der Waals surface area contributed by atoms with Crippen LogP contribution >= 0.6 is 0 Å². The number of aromatic amines is 1. The number of nitrogens with zero attached hydrogens (tertiary/aromatic N) is 2. The van der Waals surface area contributed by atoms with Gasteiger partial charge in [0.15, 0.2) is 0 Å². The van der Waals surface area contributed by atoms with Gasteiger partial charge in [-0.05, 0) is 49.6 Å². The van der Waals surface area contributed by atoms with Crippen molar-refractivity contribution in [3.05, 3.63) is 72.3 Å². The topological polar surface area (TPSA) is 61.0 Å². The van der Waals surface area contributed by atoms with Gasteiger partial charge in [0.25, 0.3) is 0 Å². The molecule has 27 heavy (non-hydrogen) atoms. The smallest absolute Gasteiger partial charge is 0.241 e. The number of rotatable bonds is 5. The van der Waals surface area contributed by atoms with E-state index in [1.807, 2.05) is 24.4 Å². The Bertz CT molecular complexity index is 920. The molecule has 1 saturated heterocycles. The van der Waals surface area contributed by atoms with E-state index in [1.165, 1.54) is 5.56 Å². The van der Waals surface area contributed by atoms with Gasteiger partial charge in [-0.2, -0.15) is 0 Å². The molecule has 138 valence electrons. The Hall–Kier alpha value is -2.92. The highest BCUT2D eigenvalue weighted by Crippen LogP contribution is 2.25. The Morgan fingerprint density at radius 2 is 2.04 bits per heavy atom. The van der Waals surface area contributed by atoms with Crippen molar-refractivity contribution in [2.75, 3.05) is 11.9 Å². The highest BCUT2D eigenvalue weighted by molar-refractivity contribution is 5.95. The highest BCUT2D eigenvalue weighted by Gasteiger charge is 2.31. The minimum absolute atomic E-state index is 0.0560. The van der Waals surface area contributed by atoms with Crippen LogP contribution in [0.1, 0.15) is 24.2 Å². The molecule has 0 unspecified atom stereocenters. The molecule has 2 N–H and O–H groups in total. The summed E-state index contributed by atoms with van der Waals surface area (Å²) in [5, 5.41) is 3.11. The lowest BCUT2D eigenvalue weighted by atomic mass is 10.0. The van der Waals surface area contributed by atoms with E-state index in [1.54, 1.807) is 6.20 Å². The van der Waals surface area contributed by atoms with Crippen LogP contribution in [0.25, 0.3) is 11.1 Å². The van der Waals surface area contributed by atoms with Crippen LogP contribution in [-0.4, -0.2) is 33.4 Å². The molecule has 1 aliphatic rings. The van der Waals surface area contributed by atoms with E-state index in [-0.39, 0.29) is 11.9 Å². The number of likely N-dealkylation sites (tertiary alicyclic amines) is 1. The van der Waals surface area contributed by atoms with Gasteiger partial charge in [-0.25, -0.2) is 4.98 Å². The number of anilines is 1. The Kier molecular flexibility index (Phi) is 5.03. The zero-order valence-electron chi connectivity index (χ0n) is 15.5. The fraction of sp³-hybridized carbons (Fsp3) is 0.273. The molecule has 0 bridgehead atoms. The molecule has 0 radical (unpaired) electrons. The predicted molar refractivity (Wildman–Crippen MR) is 107 cm³/mol. The summed E-state index contributed by atoms with van der Waals surface area (Å²) in [6.45, 7) is 3.68. The number of amides is 1. The Morgan fingerprint density at radius 1 is 1.22 bits per heavy atom. The lowest BCUT2D eigenvalue weighted by molar-refractivity contribution is -0.120. The number of hydrogen-bond donors (Lipinski definition) is 2. The second-order valence-corrected chi connectivity index (χ2v) is 7.10. The third kappa shape index (κ3) is 4.09. The molecule has 0 spiro atoms. The molecule has 2 aromatic carbocycles. The summed E-state index contributed by atoms with van der Waals surface area (Å²) < 4.78 is 0. The van der Waals surface area contributed by atoms with Crippen LogP contribution in [0, 0.1) is 6.92 Å². The molecule has 5 heteroatoms. The van der Waals surface area contributed by atoms with E-state index in [0.29, 0.717) is 6.54 Å². The minimum atomic E-state index is -0.113. The van der Waals surface area contributed by atoms with Gasteiger partial charge in [0.05, 0.1) is 12.6 Å². The van der Waals surface area contributed by atoms with Crippen LogP contribution in [0.2, 0.25) is 0 Å². The number of imidazole rings is 1. The number of carbonyl (C=O) groups excluding carboxylic acids is 1. The molecule has 1 aromatic heterocycles. The van der Waals surface area contributed by atoms with Crippen LogP contribution < -0.4 is 5.32 Å². The maximum atomic E-state index is 12.9. The van der Waals surface area contributed by atoms with Gasteiger partial charge in [0, 0.05) is 18.1 Å². The summed E-state index contributed by atoms with van der Waals surface area (Å²) in [7, 11) is 0. The van der Waals surface area contributed by atoms with E-state index in [9.17, 15) is 4.79 Å². The minimum Gasteiger partial charge on any atom is -0.348 e. The van der Waals surface area contributed by atoms with Crippen LogP contribution in [0.3, 0.4) is 0 Å². The first kappa shape index (κ1) is 17.5. The number of benzene rings is 2. The van der Waals surface area contributed by atoms with Crippen LogP contribution in [0.5, 0.6) is 0 Å². The van der Waals surface area contributed by atoms with Crippen molar-refractivity contribution >= 4 is 11.6 Å². The lowest BCUT2D eigenvalue weighted by Gasteiger charge is -2.22. The quantitative estimate of drug-likeness (QED) is 0.723. The van der Waals surface area contributed by atoms with Gasteiger partial charge in [0.2, 0.25) is 5.91 Å². The van der Waals surface area contributed by atoms with Crippen LogP contribution in [0.4, 0.5) is 5.69 Å². The first-order valence-electron chi connectivity index (χ1n) is 9.39. The van der Waals surface area contributed by atoms with E-state index in [0.717, 1.165) is 42.0 Å². The molecule has 4 rings (SSSR count). The van der Waals surface area contributed by atoms with E-state index < -0.39 is 0 Å². The average molecular weight is 360 g/mol. The summed E-state index contributed by atoms with van der Waals surface area (Å²) in [5.41, 5.74) is 4.33. The van der Waals surface area contributed by atoms with Crippen molar-refractivity contribution in [3.63, 3.8) is 0 Å². The van der Waals surface area contributed by atoms with Crippen molar-refractivity contribution in [1.82, 2.24) is 14.9 Å². The van der Waals surface area contributed by atoms with Crippen molar-refractivity contribution in [2.45, 2.75) is 32.4 Å². The van der Waals surface area contributed by atoms with Gasteiger partial charge < -0.3 is 10.3 Å². The van der Waals surface area contributed by atoms with Crippen molar-refractivity contribution in [1.29, 1.82) is 0 Å². The second kappa shape index (κ2) is 7.76. The summed E-state index contributed by atoms with van der Waals surface area (Å²) >= 11 is 0. The number of nitrogens with one attached hydrogen (secondary N) is 2. The zero-order chi connectivity index (χ0) is 18.6. The fourth-order valence-corrected chi connectivity index (χ4v) is 3.72. The molecule has 1 fully saturated rings. The molecule has 3 aromatic rings. The molecule has 1 atom stereocenters. The molecule has 0 aliphatic carbocycles. The summed E-state index contributed by atoms with van der Waals surface area (Å²) in [4.78, 5) is 22.5. The number of H-pyrrole nitrogens is 1. The Labute approximate surface area is 159 Å². The van der Waals surface area contributed by atoms with Crippen molar-refractivity contribution in [3.8, 4) is 11.1 Å². The zero-order valence-corrected chi connectivity index (χ0v) is 15.5. The molecule has 1 amide bonds. The molecule has 5 nitrogen and oxygen atoms in total. The van der Waals surface area contributed by atoms with E-state index >= 15 is 0 Å². The maximum absolute atomic E-state index is 12.9. The van der Waals surface area contributed by atoms with Crippen LogP contribution in [-0.2, 0) is 11.3 Å². The highest BCUT2D eigenvalue weighted by atomic mass is 16.2. The lowest BCUT2D eigenvalue weighted by Crippen LogP contribution is -2.39. The molecule has 1 aliphatic heterocycles. The standard InChI is InChI=1S/C22H24N4O/c1-16-5-2-6-17(13-16)18-7-3-8-19(14-18)25-22(27)20-9-4-12-26(20)15-21-23-10-11-24-21/h2-3,5-8,10-11,13-14,20H,4,9,12,15H2,1H3,(H,23,24)(H,25,27)/t20-/m0/s1. The largest absolute Gasteiger partial charge is 0.348 e. The molecular weight excluding hydrogens is 336 g/mol. The summed E-state index contributed by atoms with van der Waals surface area (Å²) in [6, 6.07) is 16.3. The van der Waals surface area contributed by atoms with Gasteiger partial charge in [-0.1, -0.05) is 42.0 Å². The Morgan fingerprint density at radius 3 is 2.81 bits per heavy atom. The fourth-order valence-electron chi connectivity index (χ4n) is 3.72.